The fourth-order valence-electron chi connectivity index (χ4n) is 4.57. The van der Waals surface area contributed by atoms with E-state index in [4.69, 9.17) is 42.8 Å². The van der Waals surface area contributed by atoms with Crippen molar-refractivity contribution in [2.75, 3.05) is 33.4 Å². The van der Waals surface area contributed by atoms with Crippen molar-refractivity contribution in [2.45, 2.75) is 38.3 Å². The first-order chi connectivity index (χ1) is 18.3. The summed E-state index contributed by atoms with van der Waals surface area (Å²) >= 11 is 14.1. The second-order valence-electron chi connectivity index (χ2n) is 9.29. The molecule has 4 rings (SSSR count). The molecule has 1 fully saturated rings. The van der Waals surface area contributed by atoms with Crippen molar-refractivity contribution in [2.24, 2.45) is 10.9 Å². The third-order valence-corrected chi connectivity index (χ3v) is 7.96. The van der Waals surface area contributed by atoms with E-state index in [0.29, 0.717) is 70.4 Å². The van der Waals surface area contributed by atoms with Gasteiger partial charge in [0.25, 0.3) is 0 Å². The number of nitrogens with zero attached hydrogens (tertiary/aromatic N) is 3. The SMILES string of the molecule is COC(=O)C1=C(CN2CCO[C@H](CCCC(C)C(=O)O)C2)NC(c2nccs2)=N[C@H]1c1ccc(Cl)cc1Cl. The fourth-order valence-corrected chi connectivity index (χ4v) is 5.67. The maximum Gasteiger partial charge on any atom is 0.338 e. The average molecular weight is 582 g/mol. The summed E-state index contributed by atoms with van der Waals surface area (Å²) in [4.78, 5) is 35.7. The Bertz CT molecular complexity index is 1220. The molecule has 12 heteroatoms. The second kappa shape index (κ2) is 13.0. The lowest BCUT2D eigenvalue weighted by Gasteiger charge is -2.35. The second-order valence-corrected chi connectivity index (χ2v) is 11.0. The van der Waals surface area contributed by atoms with E-state index in [1.807, 2.05) is 5.38 Å². The number of methoxy groups -OCH3 is 1. The summed E-state index contributed by atoms with van der Waals surface area (Å²) < 4.78 is 11.1. The Labute approximate surface area is 235 Å². The van der Waals surface area contributed by atoms with Gasteiger partial charge < -0.3 is 19.9 Å². The first-order valence-electron chi connectivity index (χ1n) is 12.3. The van der Waals surface area contributed by atoms with Crippen LogP contribution in [0, 0.1) is 5.92 Å². The lowest BCUT2D eigenvalue weighted by molar-refractivity contribution is -0.141. The molecule has 2 aliphatic rings. The van der Waals surface area contributed by atoms with Crippen LogP contribution in [0.25, 0.3) is 0 Å². The molecule has 2 aromatic rings. The van der Waals surface area contributed by atoms with Crippen molar-refractivity contribution < 1.29 is 24.2 Å². The largest absolute Gasteiger partial charge is 0.481 e. The molecule has 0 bridgehead atoms. The van der Waals surface area contributed by atoms with Crippen molar-refractivity contribution >= 4 is 52.3 Å². The summed E-state index contributed by atoms with van der Waals surface area (Å²) in [7, 11) is 1.34. The van der Waals surface area contributed by atoms with Crippen LogP contribution in [0.4, 0.5) is 0 Å². The Morgan fingerprint density at radius 2 is 2.18 bits per heavy atom. The fraction of sp³-hybridized carbons (Fsp3) is 0.462. The Kier molecular flexibility index (Phi) is 9.78. The van der Waals surface area contributed by atoms with E-state index >= 15 is 0 Å². The van der Waals surface area contributed by atoms with Crippen LogP contribution in [-0.2, 0) is 19.1 Å². The third-order valence-electron chi connectivity index (χ3n) is 6.61. The molecule has 1 aromatic heterocycles. The molecule has 3 atom stereocenters. The lowest BCUT2D eigenvalue weighted by atomic mass is 9.95. The molecule has 1 aromatic carbocycles. The number of ether oxygens (including phenoxy) is 2. The minimum Gasteiger partial charge on any atom is -0.481 e. The molecular formula is C26H30Cl2N4O5S. The van der Waals surface area contributed by atoms with Crippen LogP contribution in [0.3, 0.4) is 0 Å². The van der Waals surface area contributed by atoms with E-state index in [2.05, 4.69) is 15.2 Å². The number of morpholine rings is 1. The Hall–Kier alpha value is -2.50. The van der Waals surface area contributed by atoms with Crippen LogP contribution in [-0.4, -0.2) is 72.2 Å². The van der Waals surface area contributed by atoms with Crippen molar-refractivity contribution in [3.63, 3.8) is 0 Å². The number of aliphatic imine (C=N–C) groups is 1. The number of halogens is 2. The minimum absolute atomic E-state index is 0.0240. The van der Waals surface area contributed by atoms with Crippen LogP contribution < -0.4 is 5.32 Å². The van der Waals surface area contributed by atoms with Gasteiger partial charge in [-0.15, -0.1) is 11.3 Å². The highest BCUT2D eigenvalue weighted by Crippen LogP contribution is 2.37. The van der Waals surface area contributed by atoms with Gasteiger partial charge in [-0.25, -0.2) is 9.78 Å². The number of carboxylic acids is 1. The number of benzene rings is 1. The Balaban J connectivity index is 1.60. The number of carbonyl (C=O) groups excluding carboxylic acids is 1. The highest BCUT2D eigenvalue weighted by Gasteiger charge is 2.35. The number of carboxylic acid groups (broad SMARTS) is 1. The number of aromatic nitrogens is 1. The molecule has 0 radical (unpaired) electrons. The maximum atomic E-state index is 13.1. The van der Waals surface area contributed by atoms with Crippen molar-refractivity contribution in [3.05, 3.63) is 61.7 Å². The van der Waals surface area contributed by atoms with Gasteiger partial charge in [0.05, 0.1) is 31.3 Å². The predicted octanol–water partition coefficient (Wildman–Crippen LogP) is 4.56. The third kappa shape index (κ3) is 6.92. The molecule has 204 valence electrons. The van der Waals surface area contributed by atoms with Gasteiger partial charge in [-0.1, -0.05) is 36.2 Å². The van der Waals surface area contributed by atoms with Crippen LogP contribution >= 0.6 is 34.5 Å². The molecule has 1 unspecified atom stereocenters. The zero-order chi connectivity index (χ0) is 27.2. The van der Waals surface area contributed by atoms with Crippen LogP contribution in [0.1, 0.15) is 42.8 Å². The van der Waals surface area contributed by atoms with Gasteiger partial charge >= 0.3 is 11.9 Å². The first-order valence-corrected chi connectivity index (χ1v) is 14.0. The van der Waals surface area contributed by atoms with Gasteiger partial charge in [-0.3, -0.25) is 14.7 Å². The zero-order valence-corrected chi connectivity index (χ0v) is 23.5. The van der Waals surface area contributed by atoms with Crippen LogP contribution in [0.5, 0.6) is 0 Å². The van der Waals surface area contributed by atoms with E-state index in [0.717, 1.165) is 12.8 Å². The van der Waals surface area contributed by atoms with Crippen molar-refractivity contribution in [1.82, 2.24) is 15.2 Å². The number of amidine groups is 1. The summed E-state index contributed by atoms with van der Waals surface area (Å²) in [6, 6.07) is 4.41. The predicted molar refractivity (Wildman–Crippen MR) is 147 cm³/mol. The topological polar surface area (TPSA) is 113 Å². The quantitative estimate of drug-likeness (QED) is 0.393. The number of hydrogen-bond acceptors (Lipinski definition) is 9. The molecule has 3 heterocycles. The number of hydrogen-bond donors (Lipinski definition) is 2. The van der Waals surface area contributed by atoms with E-state index in [1.54, 1.807) is 31.3 Å². The van der Waals surface area contributed by atoms with Crippen LogP contribution in [0.2, 0.25) is 10.0 Å². The smallest absolute Gasteiger partial charge is 0.338 e. The van der Waals surface area contributed by atoms with Gasteiger partial charge in [-0.2, -0.15) is 0 Å². The monoisotopic (exact) mass is 580 g/mol. The summed E-state index contributed by atoms with van der Waals surface area (Å²) in [5, 5.41) is 15.9. The summed E-state index contributed by atoms with van der Waals surface area (Å²) in [6.45, 7) is 4.02. The summed E-state index contributed by atoms with van der Waals surface area (Å²) in [6.07, 6.45) is 3.80. The molecule has 0 aliphatic carbocycles. The van der Waals surface area contributed by atoms with Crippen molar-refractivity contribution in [1.29, 1.82) is 0 Å². The van der Waals surface area contributed by atoms with Gasteiger partial charge in [0.15, 0.2) is 10.8 Å². The maximum absolute atomic E-state index is 13.1. The number of carbonyl (C=O) groups is 2. The van der Waals surface area contributed by atoms with E-state index in [1.165, 1.54) is 18.4 Å². The molecule has 38 heavy (non-hydrogen) atoms. The molecule has 2 N–H and O–H groups in total. The standard InChI is InChI=1S/C26H30Cl2N4O5S/c1-15(25(33)34)4-3-5-17-13-32(9-10-37-17)14-20-21(26(35)36-2)22(18-7-6-16(27)12-19(18)28)31-23(30-20)24-29-8-11-38-24/h6-8,11-12,15,17,22H,3-5,9-10,13-14H2,1-2H3,(H,30,31)(H,33,34)/t15?,17-,22+/m1/s1. The number of aliphatic carboxylic acids is 1. The Morgan fingerprint density at radius 3 is 2.87 bits per heavy atom. The Morgan fingerprint density at radius 1 is 1.37 bits per heavy atom. The molecular weight excluding hydrogens is 551 g/mol. The molecule has 0 spiro atoms. The molecule has 0 amide bonds. The summed E-state index contributed by atoms with van der Waals surface area (Å²) in [5.74, 6) is -1.12. The lowest BCUT2D eigenvalue weighted by Crippen LogP contribution is -2.46. The number of nitrogens with one attached hydrogen (secondary N) is 1. The molecule has 2 aliphatic heterocycles. The van der Waals surface area contributed by atoms with E-state index < -0.39 is 18.0 Å². The first kappa shape index (κ1) is 28.5. The van der Waals surface area contributed by atoms with E-state index in [9.17, 15) is 9.59 Å². The number of rotatable bonds is 10. The number of thiazole rings is 1. The highest BCUT2D eigenvalue weighted by atomic mass is 35.5. The zero-order valence-electron chi connectivity index (χ0n) is 21.2. The number of esters is 1. The van der Waals surface area contributed by atoms with Crippen LogP contribution in [0.15, 0.2) is 46.0 Å². The van der Waals surface area contributed by atoms with Crippen molar-refractivity contribution in [3.8, 4) is 0 Å². The summed E-state index contributed by atoms with van der Waals surface area (Å²) in [5.41, 5.74) is 1.67. The van der Waals surface area contributed by atoms with Gasteiger partial charge in [0, 0.05) is 52.5 Å². The van der Waals surface area contributed by atoms with Gasteiger partial charge in [0.2, 0.25) is 0 Å². The molecule has 0 saturated carbocycles. The highest BCUT2D eigenvalue weighted by molar-refractivity contribution is 7.11. The van der Waals surface area contributed by atoms with Gasteiger partial charge in [0.1, 0.15) is 6.04 Å². The molecule has 9 nitrogen and oxygen atoms in total. The average Bonchev–Trinajstić information content (AvgIpc) is 3.43. The van der Waals surface area contributed by atoms with Gasteiger partial charge in [-0.05, 0) is 31.4 Å². The normalized spacial score (nSPS) is 21.0. The molecule has 1 saturated heterocycles. The minimum atomic E-state index is -0.783. The van der Waals surface area contributed by atoms with E-state index in [-0.39, 0.29) is 12.0 Å².